The van der Waals surface area contributed by atoms with Gasteiger partial charge in [0.05, 0.1) is 24.0 Å². The number of sulfone groups is 1. The molecular weight excluding hydrogens is 404 g/mol. The molecule has 0 bridgehead atoms. The summed E-state index contributed by atoms with van der Waals surface area (Å²) >= 11 is 1.42. The largest absolute Gasteiger partial charge is 0.315 e. The zero-order valence-corrected chi connectivity index (χ0v) is 18.4. The maximum absolute atomic E-state index is 12.7. The van der Waals surface area contributed by atoms with Crippen LogP contribution in [0.15, 0.2) is 47.5 Å². The minimum atomic E-state index is -3.08. The van der Waals surface area contributed by atoms with E-state index >= 15 is 0 Å². The fourth-order valence-electron chi connectivity index (χ4n) is 4.15. The maximum Gasteiger partial charge on any atom is 0.252 e. The number of amides is 1. The van der Waals surface area contributed by atoms with Gasteiger partial charge >= 0.3 is 0 Å². The second kappa shape index (κ2) is 7.61. The minimum absolute atomic E-state index is 0.0930. The number of rotatable bonds is 3. The van der Waals surface area contributed by atoms with Gasteiger partial charge in [-0.15, -0.1) is 0 Å². The molecule has 0 spiro atoms. The van der Waals surface area contributed by atoms with Crippen molar-refractivity contribution in [3.63, 3.8) is 0 Å². The molecule has 4 rings (SSSR count). The van der Waals surface area contributed by atoms with E-state index in [1.165, 1.54) is 11.8 Å². The number of benzene rings is 2. The van der Waals surface area contributed by atoms with Gasteiger partial charge in [0.2, 0.25) is 0 Å². The molecule has 0 saturated carbocycles. The summed E-state index contributed by atoms with van der Waals surface area (Å²) in [5.41, 5.74) is 5.11. The molecule has 1 amide bonds. The lowest BCUT2D eigenvalue weighted by atomic mass is 10.1. The van der Waals surface area contributed by atoms with Crippen molar-refractivity contribution >= 4 is 38.4 Å². The number of anilines is 1. The topological polar surface area (TPSA) is 66.8 Å². The van der Waals surface area contributed by atoms with Crippen LogP contribution < -0.4 is 4.90 Å². The van der Waals surface area contributed by atoms with Crippen LogP contribution in [0, 0.1) is 20.8 Å². The fourth-order valence-corrected chi connectivity index (χ4v) is 8.07. The first-order chi connectivity index (χ1) is 13.7. The van der Waals surface area contributed by atoms with Crippen LogP contribution in [0.5, 0.6) is 0 Å². The number of hydrogen-bond acceptors (Lipinski definition) is 4. The Kier molecular flexibility index (Phi) is 5.29. The van der Waals surface area contributed by atoms with E-state index in [-0.39, 0.29) is 35.1 Å². The first-order valence-electron chi connectivity index (χ1n) is 9.63. The van der Waals surface area contributed by atoms with Crippen molar-refractivity contribution in [1.82, 2.24) is 0 Å². The number of nitrogens with zero attached hydrogens (tertiary/aromatic N) is 2. The Labute approximate surface area is 176 Å². The third kappa shape index (κ3) is 4.12. The monoisotopic (exact) mass is 428 g/mol. The standard InChI is InChI=1S/C22H24N2O3S2/c1-14-6-4-9-17(10-14)11-20(25)23-22-24(21-15(2)7-5-8-16(21)3)18-12-29(26,27)13-19(18)28-22/h4-10,18-19H,11-13H2,1-3H3/t18-,19+/m0/s1. The number of amidine groups is 1. The average molecular weight is 429 g/mol. The molecule has 29 heavy (non-hydrogen) atoms. The third-order valence-electron chi connectivity index (χ3n) is 5.41. The van der Waals surface area contributed by atoms with Crippen LogP contribution in [0.2, 0.25) is 0 Å². The van der Waals surface area contributed by atoms with Crippen LogP contribution in [0.4, 0.5) is 5.69 Å². The van der Waals surface area contributed by atoms with Crippen molar-refractivity contribution in [2.45, 2.75) is 38.5 Å². The van der Waals surface area contributed by atoms with Gasteiger partial charge in [0.25, 0.3) is 5.91 Å². The van der Waals surface area contributed by atoms with E-state index < -0.39 is 9.84 Å². The van der Waals surface area contributed by atoms with E-state index in [9.17, 15) is 13.2 Å². The number of carbonyl (C=O) groups is 1. The van der Waals surface area contributed by atoms with Crippen LogP contribution in [-0.4, -0.2) is 42.3 Å². The molecule has 2 heterocycles. The molecule has 2 saturated heterocycles. The number of thioether (sulfide) groups is 1. The summed E-state index contributed by atoms with van der Waals surface area (Å²) in [6.45, 7) is 6.02. The number of carbonyl (C=O) groups excluding carboxylic acids is 1. The summed E-state index contributed by atoms with van der Waals surface area (Å²) in [5.74, 6) is 0.0236. The molecule has 2 aliphatic heterocycles. The Morgan fingerprint density at radius 2 is 1.79 bits per heavy atom. The molecule has 2 aromatic rings. The van der Waals surface area contributed by atoms with Gasteiger partial charge in [0.15, 0.2) is 15.0 Å². The normalized spacial score (nSPS) is 24.1. The van der Waals surface area contributed by atoms with E-state index in [4.69, 9.17) is 0 Å². The molecule has 0 aliphatic carbocycles. The minimum Gasteiger partial charge on any atom is -0.315 e. The predicted molar refractivity (Wildman–Crippen MR) is 120 cm³/mol. The molecule has 0 N–H and O–H groups in total. The van der Waals surface area contributed by atoms with Gasteiger partial charge in [-0.3, -0.25) is 4.79 Å². The molecule has 0 aromatic heterocycles. The highest BCUT2D eigenvalue weighted by Gasteiger charge is 2.49. The first kappa shape index (κ1) is 20.2. The quantitative estimate of drug-likeness (QED) is 0.749. The Balaban J connectivity index is 1.70. The fraction of sp³-hybridized carbons (Fsp3) is 0.364. The van der Waals surface area contributed by atoms with E-state index in [0.717, 1.165) is 27.9 Å². The van der Waals surface area contributed by atoms with Gasteiger partial charge in [-0.1, -0.05) is 59.8 Å². The van der Waals surface area contributed by atoms with Gasteiger partial charge in [0, 0.05) is 10.9 Å². The molecule has 2 atom stereocenters. The zero-order chi connectivity index (χ0) is 20.8. The van der Waals surface area contributed by atoms with Gasteiger partial charge in [-0.25, -0.2) is 8.42 Å². The van der Waals surface area contributed by atoms with Crippen molar-refractivity contribution in [2.24, 2.45) is 4.99 Å². The lowest BCUT2D eigenvalue weighted by Gasteiger charge is -2.28. The molecule has 2 aromatic carbocycles. The highest BCUT2D eigenvalue weighted by atomic mass is 32.2. The first-order valence-corrected chi connectivity index (χ1v) is 12.3. The third-order valence-corrected chi connectivity index (χ3v) is 8.61. The van der Waals surface area contributed by atoms with Crippen LogP contribution in [-0.2, 0) is 21.1 Å². The van der Waals surface area contributed by atoms with Gasteiger partial charge in [-0.05, 0) is 37.5 Å². The lowest BCUT2D eigenvalue weighted by molar-refractivity contribution is -0.117. The number of aliphatic imine (C=N–C) groups is 1. The van der Waals surface area contributed by atoms with Crippen LogP contribution in [0.25, 0.3) is 0 Å². The van der Waals surface area contributed by atoms with Crippen LogP contribution >= 0.6 is 11.8 Å². The predicted octanol–water partition coefficient (Wildman–Crippen LogP) is 3.46. The Morgan fingerprint density at radius 3 is 2.48 bits per heavy atom. The SMILES string of the molecule is Cc1cccc(CC(=O)N=C2S[C@@H]3CS(=O)(=O)C[C@@H]3N2c2c(C)cccc2C)c1. The second-order valence-corrected chi connectivity index (χ2v) is 11.2. The molecule has 152 valence electrons. The number of aryl methyl sites for hydroxylation is 3. The lowest BCUT2D eigenvalue weighted by Crippen LogP contribution is -2.38. The summed E-state index contributed by atoms with van der Waals surface area (Å²) in [7, 11) is -3.08. The van der Waals surface area contributed by atoms with Crippen molar-refractivity contribution in [2.75, 3.05) is 16.4 Å². The second-order valence-electron chi connectivity index (χ2n) is 7.86. The van der Waals surface area contributed by atoms with Gasteiger partial charge < -0.3 is 4.90 Å². The molecule has 7 heteroatoms. The smallest absolute Gasteiger partial charge is 0.252 e. The molecular formula is C22H24N2O3S2. The molecule has 2 fully saturated rings. The highest BCUT2D eigenvalue weighted by Crippen LogP contribution is 2.43. The average Bonchev–Trinajstić information content (AvgIpc) is 3.07. The van der Waals surface area contributed by atoms with Crippen molar-refractivity contribution in [3.8, 4) is 0 Å². The Bertz CT molecular complexity index is 1090. The molecule has 2 aliphatic rings. The van der Waals surface area contributed by atoms with E-state index in [1.54, 1.807) is 0 Å². The van der Waals surface area contributed by atoms with E-state index in [1.807, 2.05) is 68.1 Å². The molecule has 0 radical (unpaired) electrons. The van der Waals surface area contributed by atoms with E-state index in [2.05, 4.69) is 4.99 Å². The number of fused-ring (bicyclic) bond motifs is 1. The Morgan fingerprint density at radius 1 is 1.10 bits per heavy atom. The highest BCUT2D eigenvalue weighted by molar-refractivity contribution is 8.16. The summed E-state index contributed by atoms with van der Waals surface area (Å²) in [6, 6.07) is 13.7. The molecule has 5 nitrogen and oxygen atoms in total. The van der Waals surface area contributed by atoms with Crippen LogP contribution in [0.1, 0.15) is 22.3 Å². The molecule has 0 unspecified atom stereocenters. The number of para-hydroxylation sites is 1. The maximum atomic E-state index is 12.7. The zero-order valence-electron chi connectivity index (χ0n) is 16.8. The Hall–Kier alpha value is -2.12. The van der Waals surface area contributed by atoms with Crippen LogP contribution in [0.3, 0.4) is 0 Å². The van der Waals surface area contributed by atoms with Crippen molar-refractivity contribution < 1.29 is 13.2 Å². The van der Waals surface area contributed by atoms with Crippen molar-refractivity contribution in [3.05, 3.63) is 64.7 Å². The van der Waals surface area contributed by atoms with Crippen molar-refractivity contribution in [1.29, 1.82) is 0 Å². The van der Waals surface area contributed by atoms with Gasteiger partial charge in [0.1, 0.15) is 0 Å². The van der Waals surface area contributed by atoms with E-state index in [0.29, 0.717) is 5.17 Å². The van der Waals surface area contributed by atoms with Gasteiger partial charge in [-0.2, -0.15) is 4.99 Å². The summed E-state index contributed by atoms with van der Waals surface area (Å²) < 4.78 is 24.5. The summed E-state index contributed by atoms with van der Waals surface area (Å²) in [4.78, 5) is 19.2. The summed E-state index contributed by atoms with van der Waals surface area (Å²) in [5, 5.41) is 0.523. The number of hydrogen-bond donors (Lipinski definition) is 0. The summed E-state index contributed by atoms with van der Waals surface area (Å²) in [6.07, 6.45) is 0.236.